The first-order valence-electron chi connectivity index (χ1n) is 9.16. The number of hydrogen-bond acceptors (Lipinski definition) is 5. The second-order valence-electron chi connectivity index (χ2n) is 6.38. The van der Waals surface area contributed by atoms with Crippen molar-refractivity contribution < 1.29 is 17.9 Å². The number of carbonyl (C=O) groups excluding carboxylic acids is 1. The molecule has 2 N–H and O–H groups in total. The second kappa shape index (κ2) is 10.3. The van der Waals surface area contributed by atoms with Crippen LogP contribution in [-0.2, 0) is 21.4 Å². The van der Waals surface area contributed by atoms with Crippen LogP contribution in [0.15, 0.2) is 76.6 Å². The Morgan fingerprint density at radius 1 is 1.10 bits per heavy atom. The number of amides is 1. The number of aryl methyl sites for hydroxylation is 1. The van der Waals surface area contributed by atoms with Crippen LogP contribution in [0.1, 0.15) is 6.42 Å². The maximum atomic E-state index is 12.5. The first kappa shape index (κ1) is 21.8. The van der Waals surface area contributed by atoms with Gasteiger partial charge in [-0.05, 0) is 55.0 Å². The molecule has 3 aromatic rings. The Hall–Kier alpha value is -2.85. The van der Waals surface area contributed by atoms with Gasteiger partial charge in [-0.3, -0.25) is 9.52 Å². The lowest BCUT2D eigenvalue weighted by atomic mass is 10.3. The number of rotatable bonds is 10. The van der Waals surface area contributed by atoms with Crippen LogP contribution in [0.2, 0.25) is 0 Å². The van der Waals surface area contributed by atoms with Crippen molar-refractivity contribution >= 4 is 37.5 Å². The highest BCUT2D eigenvalue weighted by molar-refractivity contribution is 9.10. The molecule has 0 aliphatic carbocycles. The summed E-state index contributed by atoms with van der Waals surface area (Å²) in [6, 6.07) is 12.7. The summed E-state index contributed by atoms with van der Waals surface area (Å²) in [5, 5.41) is 2.78. The van der Waals surface area contributed by atoms with E-state index in [9.17, 15) is 13.2 Å². The van der Waals surface area contributed by atoms with Crippen molar-refractivity contribution in [3.8, 4) is 5.75 Å². The fraction of sp³-hybridized carbons (Fsp3) is 0.200. The normalized spacial score (nSPS) is 11.1. The van der Waals surface area contributed by atoms with Crippen molar-refractivity contribution in [1.82, 2.24) is 14.9 Å². The third-order valence-electron chi connectivity index (χ3n) is 4.07. The van der Waals surface area contributed by atoms with Gasteiger partial charge in [0, 0.05) is 35.6 Å². The molecule has 0 saturated heterocycles. The van der Waals surface area contributed by atoms with Crippen LogP contribution < -0.4 is 14.8 Å². The molecule has 3 rings (SSSR count). The molecule has 158 valence electrons. The Morgan fingerprint density at radius 2 is 1.83 bits per heavy atom. The van der Waals surface area contributed by atoms with Gasteiger partial charge in [-0.2, -0.15) is 0 Å². The largest absolute Gasteiger partial charge is 0.484 e. The van der Waals surface area contributed by atoms with Crippen LogP contribution in [0.25, 0.3) is 0 Å². The van der Waals surface area contributed by atoms with E-state index in [0.29, 0.717) is 18.0 Å². The van der Waals surface area contributed by atoms with Gasteiger partial charge in [0.2, 0.25) is 0 Å². The summed E-state index contributed by atoms with van der Waals surface area (Å²) >= 11 is 3.31. The molecule has 1 amide bonds. The van der Waals surface area contributed by atoms with Gasteiger partial charge >= 0.3 is 0 Å². The summed E-state index contributed by atoms with van der Waals surface area (Å²) in [5.41, 5.74) is 0.461. The van der Waals surface area contributed by atoms with Crippen LogP contribution in [0.3, 0.4) is 0 Å². The van der Waals surface area contributed by atoms with E-state index in [0.717, 1.165) is 17.4 Å². The number of nitrogens with one attached hydrogen (secondary N) is 2. The molecule has 0 fully saturated rings. The quantitative estimate of drug-likeness (QED) is 0.423. The molecule has 30 heavy (non-hydrogen) atoms. The van der Waals surface area contributed by atoms with Gasteiger partial charge in [0.25, 0.3) is 15.9 Å². The lowest BCUT2D eigenvalue weighted by Crippen LogP contribution is -2.30. The molecule has 10 heteroatoms. The number of halogens is 1. The first-order valence-corrected chi connectivity index (χ1v) is 11.4. The van der Waals surface area contributed by atoms with Crippen molar-refractivity contribution in [1.29, 1.82) is 0 Å². The van der Waals surface area contributed by atoms with Crippen molar-refractivity contribution in [2.75, 3.05) is 17.9 Å². The Balaban J connectivity index is 1.44. The van der Waals surface area contributed by atoms with E-state index in [1.807, 2.05) is 10.8 Å². The summed E-state index contributed by atoms with van der Waals surface area (Å²) in [7, 11) is -3.71. The van der Waals surface area contributed by atoms with Crippen LogP contribution in [-0.4, -0.2) is 37.0 Å². The van der Waals surface area contributed by atoms with E-state index in [1.54, 1.807) is 36.8 Å². The fourth-order valence-corrected chi connectivity index (χ4v) is 3.88. The molecule has 1 heterocycles. The van der Waals surface area contributed by atoms with Crippen LogP contribution in [0, 0.1) is 0 Å². The zero-order chi connectivity index (χ0) is 21.4. The average molecular weight is 493 g/mol. The number of imidazole rings is 1. The van der Waals surface area contributed by atoms with Crippen molar-refractivity contribution in [2.45, 2.75) is 17.9 Å². The molecule has 0 atom stereocenters. The molecular formula is C20H21BrN4O4S. The van der Waals surface area contributed by atoms with E-state index in [2.05, 4.69) is 31.0 Å². The SMILES string of the molecule is O=C(COc1ccc(S(=O)(=O)Nc2ccc(Br)cc2)cc1)NCCCn1ccnc1. The van der Waals surface area contributed by atoms with Crippen molar-refractivity contribution in [3.63, 3.8) is 0 Å². The van der Waals surface area contributed by atoms with Crippen molar-refractivity contribution in [3.05, 3.63) is 71.7 Å². The summed E-state index contributed by atoms with van der Waals surface area (Å²) in [5.74, 6) is 0.167. The number of hydrogen-bond donors (Lipinski definition) is 2. The first-order chi connectivity index (χ1) is 14.4. The fourth-order valence-electron chi connectivity index (χ4n) is 2.56. The van der Waals surface area contributed by atoms with Gasteiger partial charge in [-0.25, -0.2) is 13.4 Å². The van der Waals surface area contributed by atoms with E-state index in [1.165, 1.54) is 24.3 Å². The molecule has 0 spiro atoms. The third kappa shape index (κ3) is 6.60. The molecule has 0 unspecified atom stereocenters. The minimum atomic E-state index is -3.71. The predicted molar refractivity (Wildman–Crippen MR) is 117 cm³/mol. The highest BCUT2D eigenvalue weighted by atomic mass is 79.9. The molecule has 0 bridgehead atoms. The summed E-state index contributed by atoms with van der Waals surface area (Å²) in [6.45, 7) is 1.15. The Labute approximate surface area is 183 Å². The lowest BCUT2D eigenvalue weighted by molar-refractivity contribution is -0.123. The number of benzene rings is 2. The average Bonchev–Trinajstić information content (AvgIpc) is 3.25. The molecule has 0 radical (unpaired) electrons. The van der Waals surface area contributed by atoms with Crippen LogP contribution in [0.5, 0.6) is 5.75 Å². The number of anilines is 1. The zero-order valence-electron chi connectivity index (χ0n) is 16.0. The Morgan fingerprint density at radius 3 is 2.50 bits per heavy atom. The second-order valence-corrected chi connectivity index (χ2v) is 8.97. The molecule has 0 saturated carbocycles. The highest BCUT2D eigenvalue weighted by Crippen LogP contribution is 2.20. The number of sulfonamides is 1. The van der Waals surface area contributed by atoms with Gasteiger partial charge in [0.05, 0.1) is 11.2 Å². The van der Waals surface area contributed by atoms with Gasteiger partial charge in [-0.1, -0.05) is 15.9 Å². The van der Waals surface area contributed by atoms with Crippen molar-refractivity contribution in [2.24, 2.45) is 0 Å². The van der Waals surface area contributed by atoms with Gasteiger partial charge in [0.15, 0.2) is 6.61 Å². The monoisotopic (exact) mass is 492 g/mol. The molecule has 8 nitrogen and oxygen atoms in total. The van der Waals surface area contributed by atoms with Crippen LogP contribution >= 0.6 is 15.9 Å². The van der Waals surface area contributed by atoms with Gasteiger partial charge in [0.1, 0.15) is 5.75 Å². The maximum Gasteiger partial charge on any atom is 0.261 e. The van der Waals surface area contributed by atoms with Crippen LogP contribution in [0.4, 0.5) is 5.69 Å². The lowest BCUT2D eigenvalue weighted by Gasteiger charge is -2.10. The molecule has 0 aliphatic heterocycles. The molecular weight excluding hydrogens is 472 g/mol. The predicted octanol–water partition coefficient (Wildman–Crippen LogP) is 3.03. The highest BCUT2D eigenvalue weighted by Gasteiger charge is 2.14. The van der Waals surface area contributed by atoms with Gasteiger partial charge < -0.3 is 14.6 Å². The summed E-state index contributed by atoms with van der Waals surface area (Å²) in [4.78, 5) is 15.9. The van der Waals surface area contributed by atoms with Gasteiger partial charge in [-0.15, -0.1) is 0 Å². The Kier molecular flexibility index (Phi) is 7.47. The minimum absolute atomic E-state index is 0.0988. The number of nitrogens with zero attached hydrogens (tertiary/aromatic N) is 2. The molecule has 2 aromatic carbocycles. The Bertz CT molecular complexity index is 1050. The smallest absolute Gasteiger partial charge is 0.261 e. The van der Waals surface area contributed by atoms with E-state index >= 15 is 0 Å². The zero-order valence-corrected chi connectivity index (χ0v) is 18.4. The van der Waals surface area contributed by atoms with E-state index < -0.39 is 10.0 Å². The number of carbonyl (C=O) groups is 1. The number of aromatic nitrogens is 2. The summed E-state index contributed by atoms with van der Waals surface area (Å²) < 4.78 is 35.6. The number of ether oxygens (including phenoxy) is 1. The minimum Gasteiger partial charge on any atom is -0.484 e. The molecule has 0 aliphatic rings. The standard InChI is InChI=1S/C20H21BrN4O4S/c21-16-2-4-17(5-3-16)24-30(27,28)19-8-6-18(7-9-19)29-14-20(26)23-10-1-12-25-13-11-22-15-25/h2-9,11,13,15,24H,1,10,12,14H2,(H,23,26). The summed E-state index contributed by atoms with van der Waals surface area (Å²) in [6.07, 6.45) is 6.08. The van der Waals surface area contributed by atoms with E-state index in [4.69, 9.17) is 4.74 Å². The molecule has 1 aromatic heterocycles. The van der Waals surface area contributed by atoms with E-state index in [-0.39, 0.29) is 17.4 Å². The third-order valence-corrected chi connectivity index (χ3v) is 6.00. The maximum absolute atomic E-state index is 12.5. The topological polar surface area (TPSA) is 102 Å².